The van der Waals surface area contributed by atoms with Crippen LogP contribution in [0.1, 0.15) is 11.1 Å². The van der Waals surface area contributed by atoms with E-state index < -0.39 is 0 Å². The molecule has 134 valence electrons. The van der Waals surface area contributed by atoms with E-state index in [2.05, 4.69) is 12.6 Å². The lowest BCUT2D eigenvalue weighted by molar-refractivity contribution is -0.133. The van der Waals surface area contributed by atoms with Crippen molar-refractivity contribution in [2.75, 3.05) is 13.2 Å². The second-order valence-corrected chi connectivity index (χ2v) is 6.17. The zero-order chi connectivity index (χ0) is 19.1. The molecule has 4 heteroatoms. The van der Waals surface area contributed by atoms with Gasteiger partial charge in [-0.25, -0.2) is 0 Å². The third-order valence-electron chi connectivity index (χ3n) is 4.24. The minimum absolute atomic E-state index is 0.0392. The fourth-order valence-electron chi connectivity index (χ4n) is 2.81. The monoisotopic (exact) mass is 356 g/mol. The summed E-state index contributed by atoms with van der Waals surface area (Å²) in [5, 5.41) is 11.1. The lowest BCUT2D eigenvalue weighted by Crippen LogP contribution is -2.34. The Bertz CT molecular complexity index is 987. The number of amides is 1. The molecule has 0 N–H and O–H groups in total. The van der Waals surface area contributed by atoms with Crippen LogP contribution >= 0.6 is 0 Å². The van der Waals surface area contributed by atoms with Crippen LogP contribution in [0, 0.1) is 11.3 Å². The molecule has 0 unspecified atom stereocenters. The molecule has 3 aromatic rings. The third-order valence-corrected chi connectivity index (χ3v) is 4.24. The maximum absolute atomic E-state index is 12.6. The van der Waals surface area contributed by atoms with Crippen molar-refractivity contribution in [3.8, 4) is 11.8 Å². The number of carbonyl (C=O) groups is 1. The molecule has 0 aromatic heterocycles. The second kappa shape index (κ2) is 8.68. The predicted molar refractivity (Wildman–Crippen MR) is 106 cm³/mol. The summed E-state index contributed by atoms with van der Waals surface area (Å²) < 4.78 is 5.71. The Morgan fingerprint density at radius 1 is 1.07 bits per heavy atom. The van der Waals surface area contributed by atoms with Crippen LogP contribution in [0.15, 0.2) is 79.4 Å². The van der Waals surface area contributed by atoms with Gasteiger partial charge in [-0.3, -0.25) is 4.79 Å². The highest BCUT2D eigenvalue weighted by Crippen LogP contribution is 2.20. The van der Waals surface area contributed by atoms with Gasteiger partial charge in [-0.15, -0.1) is 6.58 Å². The lowest BCUT2D eigenvalue weighted by Gasteiger charge is -2.21. The third kappa shape index (κ3) is 4.74. The average Bonchev–Trinajstić information content (AvgIpc) is 2.72. The zero-order valence-electron chi connectivity index (χ0n) is 15.0. The first-order valence-electron chi connectivity index (χ1n) is 8.69. The molecule has 0 fully saturated rings. The van der Waals surface area contributed by atoms with Crippen molar-refractivity contribution in [1.82, 2.24) is 4.90 Å². The van der Waals surface area contributed by atoms with E-state index in [9.17, 15) is 4.79 Å². The van der Waals surface area contributed by atoms with Gasteiger partial charge in [-0.05, 0) is 40.6 Å². The van der Waals surface area contributed by atoms with Gasteiger partial charge in [-0.1, -0.05) is 48.5 Å². The van der Waals surface area contributed by atoms with Crippen LogP contribution in [0.3, 0.4) is 0 Å². The first-order chi connectivity index (χ1) is 13.2. The standard InChI is InChI=1S/C23H20N2O2/c1-2-13-25(16-19-9-7-18(15-24)8-10-19)23(26)17-27-22-12-11-20-5-3-4-6-21(20)14-22/h2-12,14H,1,13,16-17H2. The van der Waals surface area contributed by atoms with E-state index in [0.717, 1.165) is 16.3 Å². The van der Waals surface area contributed by atoms with Crippen LogP contribution < -0.4 is 4.74 Å². The number of fused-ring (bicyclic) bond motifs is 1. The van der Waals surface area contributed by atoms with Gasteiger partial charge in [-0.2, -0.15) is 5.26 Å². The first kappa shape index (κ1) is 18.2. The van der Waals surface area contributed by atoms with Crippen molar-refractivity contribution in [2.45, 2.75) is 6.54 Å². The molecule has 0 saturated carbocycles. The minimum Gasteiger partial charge on any atom is -0.484 e. The summed E-state index contributed by atoms with van der Waals surface area (Å²) in [5.41, 5.74) is 1.55. The molecule has 3 rings (SSSR count). The summed E-state index contributed by atoms with van der Waals surface area (Å²) in [6.07, 6.45) is 1.69. The molecule has 0 aliphatic rings. The molecule has 0 spiro atoms. The van der Waals surface area contributed by atoms with Crippen molar-refractivity contribution < 1.29 is 9.53 Å². The Hall–Kier alpha value is -3.58. The van der Waals surface area contributed by atoms with Gasteiger partial charge in [0.1, 0.15) is 5.75 Å². The Morgan fingerprint density at radius 2 is 1.81 bits per heavy atom. The van der Waals surface area contributed by atoms with Gasteiger partial charge in [0, 0.05) is 13.1 Å². The quantitative estimate of drug-likeness (QED) is 0.593. The van der Waals surface area contributed by atoms with Crippen molar-refractivity contribution in [3.63, 3.8) is 0 Å². The summed E-state index contributed by atoms with van der Waals surface area (Å²) in [7, 11) is 0. The Kier molecular flexibility index (Phi) is 5.86. The summed E-state index contributed by atoms with van der Waals surface area (Å²) in [4.78, 5) is 14.3. The summed E-state index contributed by atoms with van der Waals surface area (Å²) in [6.45, 7) is 4.56. The molecule has 0 heterocycles. The van der Waals surface area contributed by atoms with Crippen LogP contribution in [-0.4, -0.2) is 24.0 Å². The van der Waals surface area contributed by atoms with E-state index in [-0.39, 0.29) is 12.5 Å². The molecule has 3 aromatic carbocycles. The van der Waals surface area contributed by atoms with Gasteiger partial charge < -0.3 is 9.64 Å². The molecular weight excluding hydrogens is 336 g/mol. The van der Waals surface area contributed by atoms with Crippen molar-refractivity contribution in [2.24, 2.45) is 0 Å². The lowest BCUT2D eigenvalue weighted by atomic mass is 10.1. The molecule has 1 amide bonds. The zero-order valence-corrected chi connectivity index (χ0v) is 15.0. The van der Waals surface area contributed by atoms with E-state index in [1.807, 2.05) is 54.6 Å². The maximum Gasteiger partial charge on any atom is 0.261 e. The number of nitriles is 1. The van der Waals surface area contributed by atoms with Crippen LogP contribution in [0.5, 0.6) is 5.75 Å². The molecule has 0 radical (unpaired) electrons. The molecule has 0 aliphatic heterocycles. The van der Waals surface area contributed by atoms with Crippen molar-refractivity contribution in [3.05, 3.63) is 90.5 Å². The van der Waals surface area contributed by atoms with Gasteiger partial charge in [0.15, 0.2) is 6.61 Å². The van der Waals surface area contributed by atoms with Crippen LogP contribution in [-0.2, 0) is 11.3 Å². The van der Waals surface area contributed by atoms with Crippen LogP contribution in [0.4, 0.5) is 0 Å². The van der Waals surface area contributed by atoms with E-state index in [1.165, 1.54) is 0 Å². The van der Waals surface area contributed by atoms with Crippen molar-refractivity contribution in [1.29, 1.82) is 5.26 Å². The van der Waals surface area contributed by atoms with E-state index >= 15 is 0 Å². The van der Waals surface area contributed by atoms with Crippen LogP contribution in [0.25, 0.3) is 10.8 Å². The Labute approximate surface area is 158 Å². The number of rotatable bonds is 7. The molecule has 4 nitrogen and oxygen atoms in total. The van der Waals surface area contributed by atoms with Crippen molar-refractivity contribution >= 4 is 16.7 Å². The fraction of sp³-hybridized carbons (Fsp3) is 0.130. The fourth-order valence-corrected chi connectivity index (χ4v) is 2.81. The number of nitrogens with zero attached hydrogens (tertiary/aromatic N) is 2. The number of carbonyl (C=O) groups excluding carboxylic acids is 1. The average molecular weight is 356 g/mol. The number of hydrogen-bond donors (Lipinski definition) is 0. The van der Waals surface area contributed by atoms with E-state index in [1.54, 1.807) is 23.1 Å². The van der Waals surface area contributed by atoms with Gasteiger partial charge in [0.25, 0.3) is 5.91 Å². The first-order valence-corrected chi connectivity index (χ1v) is 8.69. The normalized spacial score (nSPS) is 10.2. The second-order valence-electron chi connectivity index (χ2n) is 6.17. The highest BCUT2D eigenvalue weighted by atomic mass is 16.5. The summed E-state index contributed by atoms with van der Waals surface area (Å²) >= 11 is 0. The molecule has 0 atom stereocenters. The highest BCUT2D eigenvalue weighted by molar-refractivity contribution is 5.84. The van der Waals surface area contributed by atoms with Gasteiger partial charge in [0.05, 0.1) is 11.6 Å². The van der Waals surface area contributed by atoms with Gasteiger partial charge >= 0.3 is 0 Å². The minimum atomic E-state index is -0.118. The Balaban J connectivity index is 1.64. The number of benzene rings is 3. The summed E-state index contributed by atoms with van der Waals surface area (Å²) in [5.74, 6) is 0.548. The molecule has 0 bridgehead atoms. The largest absolute Gasteiger partial charge is 0.484 e. The van der Waals surface area contributed by atoms with Crippen LogP contribution in [0.2, 0.25) is 0 Å². The SMILES string of the molecule is C=CCN(Cc1ccc(C#N)cc1)C(=O)COc1ccc2ccccc2c1. The van der Waals surface area contributed by atoms with E-state index in [0.29, 0.717) is 24.4 Å². The Morgan fingerprint density at radius 3 is 2.52 bits per heavy atom. The van der Waals surface area contributed by atoms with Gasteiger partial charge in [0.2, 0.25) is 0 Å². The summed E-state index contributed by atoms with van der Waals surface area (Å²) in [6, 6.07) is 23.1. The molecule has 27 heavy (non-hydrogen) atoms. The topological polar surface area (TPSA) is 53.3 Å². The number of ether oxygens (including phenoxy) is 1. The molecular formula is C23H20N2O2. The van der Waals surface area contributed by atoms with E-state index in [4.69, 9.17) is 10.00 Å². The molecule has 0 aliphatic carbocycles. The number of hydrogen-bond acceptors (Lipinski definition) is 3. The highest BCUT2D eigenvalue weighted by Gasteiger charge is 2.14. The molecule has 0 saturated heterocycles. The predicted octanol–water partition coefficient (Wildman–Crippen LogP) is 4.31. The maximum atomic E-state index is 12.6. The smallest absolute Gasteiger partial charge is 0.261 e.